The summed E-state index contributed by atoms with van der Waals surface area (Å²) in [5.74, 6) is 0.607. The Morgan fingerprint density at radius 3 is 2.77 bits per heavy atom. The van der Waals surface area contributed by atoms with Crippen LogP contribution in [0.4, 0.5) is 19.3 Å². The van der Waals surface area contributed by atoms with Crippen LogP contribution in [-0.2, 0) is 4.74 Å². The first-order valence-electron chi connectivity index (χ1n) is 7.30. The van der Waals surface area contributed by atoms with Crippen LogP contribution in [0.5, 0.6) is 0 Å². The molecular formula is C15H18F2N2O2S. The molecule has 0 radical (unpaired) electrons. The lowest BCUT2D eigenvalue weighted by atomic mass is 9.90. The van der Waals surface area contributed by atoms with Crippen LogP contribution in [0, 0.1) is 11.6 Å². The Morgan fingerprint density at radius 1 is 1.32 bits per heavy atom. The first-order chi connectivity index (χ1) is 10.5. The van der Waals surface area contributed by atoms with Gasteiger partial charge < -0.3 is 15.4 Å². The molecule has 0 saturated carbocycles. The van der Waals surface area contributed by atoms with Crippen LogP contribution in [0.1, 0.15) is 19.3 Å². The van der Waals surface area contributed by atoms with Crippen molar-refractivity contribution in [2.75, 3.05) is 23.4 Å². The van der Waals surface area contributed by atoms with Crippen molar-refractivity contribution in [1.82, 2.24) is 5.32 Å². The van der Waals surface area contributed by atoms with E-state index in [1.165, 1.54) is 0 Å². The van der Waals surface area contributed by atoms with Crippen molar-refractivity contribution in [2.45, 2.75) is 30.9 Å². The number of carbonyl (C=O) groups excluding carboxylic acids is 1. The van der Waals surface area contributed by atoms with Gasteiger partial charge in [-0.3, -0.25) is 0 Å². The molecule has 2 atom stereocenters. The van der Waals surface area contributed by atoms with Gasteiger partial charge in [0, 0.05) is 30.2 Å². The smallest absolute Gasteiger partial charge is 0.319 e. The maximum Gasteiger partial charge on any atom is 0.319 e. The Balaban J connectivity index is 1.57. The summed E-state index contributed by atoms with van der Waals surface area (Å²) >= 11 is 1.87. The van der Waals surface area contributed by atoms with Crippen molar-refractivity contribution < 1.29 is 18.3 Å². The molecule has 7 heteroatoms. The fraction of sp³-hybridized carbons (Fsp3) is 0.533. The Morgan fingerprint density at radius 2 is 2.09 bits per heavy atom. The van der Waals surface area contributed by atoms with Gasteiger partial charge >= 0.3 is 6.03 Å². The standard InChI is InChI=1S/C15H18F2N2O2S/c16-10-5-11(17)7-13(6-10)19-14(20)18-12-1-3-21-15(8-12)2-4-22-9-15/h5-7,12H,1-4,8-9H2,(H2,18,19,20)/t12-,15+/m0/s1. The number of benzene rings is 1. The van der Waals surface area contributed by atoms with E-state index in [0.29, 0.717) is 6.61 Å². The molecule has 2 amide bonds. The minimum Gasteiger partial charge on any atom is -0.374 e. The monoisotopic (exact) mass is 328 g/mol. The number of hydrogen-bond donors (Lipinski definition) is 2. The van der Waals surface area contributed by atoms with E-state index in [1.807, 2.05) is 11.8 Å². The summed E-state index contributed by atoms with van der Waals surface area (Å²) in [7, 11) is 0. The molecule has 0 aromatic heterocycles. The fourth-order valence-corrected chi connectivity index (χ4v) is 4.37. The summed E-state index contributed by atoms with van der Waals surface area (Å²) in [6.07, 6.45) is 2.54. The minimum absolute atomic E-state index is 0.0193. The normalized spacial score (nSPS) is 27.8. The van der Waals surface area contributed by atoms with Gasteiger partial charge in [0.1, 0.15) is 11.6 Å². The molecule has 2 saturated heterocycles. The van der Waals surface area contributed by atoms with E-state index in [4.69, 9.17) is 4.74 Å². The van der Waals surface area contributed by atoms with Crippen molar-refractivity contribution >= 4 is 23.5 Å². The molecule has 1 aromatic carbocycles. The number of halogens is 2. The predicted octanol–water partition coefficient (Wildman–Crippen LogP) is 3.14. The van der Waals surface area contributed by atoms with Crippen molar-refractivity contribution in [3.63, 3.8) is 0 Å². The van der Waals surface area contributed by atoms with E-state index in [-0.39, 0.29) is 17.3 Å². The molecule has 0 bridgehead atoms. The van der Waals surface area contributed by atoms with Crippen LogP contribution in [-0.4, -0.2) is 35.8 Å². The van der Waals surface area contributed by atoms with Gasteiger partial charge in [-0.2, -0.15) is 11.8 Å². The minimum atomic E-state index is -0.719. The summed E-state index contributed by atoms with van der Waals surface area (Å²) in [5, 5.41) is 5.35. The molecule has 4 nitrogen and oxygen atoms in total. The van der Waals surface area contributed by atoms with E-state index in [0.717, 1.165) is 49.0 Å². The van der Waals surface area contributed by atoms with E-state index in [2.05, 4.69) is 10.6 Å². The van der Waals surface area contributed by atoms with Gasteiger partial charge in [-0.15, -0.1) is 0 Å². The summed E-state index contributed by atoms with van der Waals surface area (Å²) in [5.41, 5.74) is -0.0144. The lowest BCUT2D eigenvalue weighted by Gasteiger charge is -2.37. The van der Waals surface area contributed by atoms with Crippen LogP contribution >= 0.6 is 11.8 Å². The first kappa shape index (κ1) is 15.6. The number of amides is 2. The Kier molecular flexibility index (Phi) is 4.54. The molecule has 1 aromatic rings. The number of thioether (sulfide) groups is 1. The van der Waals surface area contributed by atoms with Gasteiger partial charge in [0.15, 0.2) is 0 Å². The van der Waals surface area contributed by atoms with Crippen molar-refractivity contribution in [3.05, 3.63) is 29.8 Å². The molecule has 2 heterocycles. The van der Waals surface area contributed by atoms with Gasteiger partial charge in [-0.25, -0.2) is 13.6 Å². The van der Waals surface area contributed by atoms with Crippen LogP contribution in [0.25, 0.3) is 0 Å². The predicted molar refractivity (Wildman–Crippen MR) is 82.2 cm³/mol. The van der Waals surface area contributed by atoms with E-state index in [1.54, 1.807) is 0 Å². The Labute approximate surface area is 132 Å². The highest BCUT2D eigenvalue weighted by Crippen LogP contribution is 2.38. The zero-order valence-electron chi connectivity index (χ0n) is 12.0. The van der Waals surface area contributed by atoms with E-state index in [9.17, 15) is 13.6 Å². The molecule has 0 unspecified atom stereocenters. The number of rotatable bonds is 2. The molecule has 22 heavy (non-hydrogen) atoms. The second-order valence-electron chi connectivity index (χ2n) is 5.78. The highest BCUT2D eigenvalue weighted by molar-refractivity contribution is 7.99. The third-order valence-electron chi connectivity index (χ3n) is 4.02. The third kappa shape index (κ3) is 3.70. The second kappa shape index (κ2) is 6.42. The molecule has 2 aliphatic rings. The average molecular weight is 328 g/mol. The number of urea groups is 1. The number of carbonyl (C=O) groups is 1. The number of nitrogens with one attached hydrogen (secondary N) is 2. The molecule has 1 spiro atoms. The molecule has 2 fully saturated rings. The van der Waals surface area contributed by atoms with Crippen molar-refractivity contribution in [1.29, 1.82) is 0 Å². The second-order valence-corrected chi connectivity index (χ2v) is 6.89. The largest absolute Gasteiger partial charge is 0.374 e. The maximum atomic E-state index is 13.1. The lowest BCUT2D eigenvalue weighted by Crippen LogP contribution is -2.49. The quantitative estimate of drug-likeness (QED) is 0.877. The number of hydrogen-bond acceptors (Lipinski definition) is 3. The zero-order chi connectivity index (χ0) is 15.6. The summed E-state index contributed by atoms with van der Waals surface area (Å²) in [6.45, 7) is 0.625. The van der Waals surface area contributed by atoms with Gasteiger partial charge in [-0.05, 0) is 37.1 Å². The van der Waals surface area contributed by atoms with Crippen molar-refractivity contribution in [3.8, 4) is 0 Å². The van der Waals surface area contributed by atoms with Crippen LogP contribution in [0.15, 0.2) is 18.2 Å². The molecule has 3 rings (SSSR count). The topological polar surface area (TPSA) is 50.4 Å². The van der Waals surface area contributed by atoms with Crippen LogP contribution in [0.2, 0.25) is 0 Å². The van der Waals surface area contributed by atoms with Crippen LogP contribution in [0.3, 0.4) is 0 Å². The highest BCUT2D eigenvalue weighted by Gasteiger charge is 2.40. The summed E-state index contributed by atoms with van der Waals surface area (Å²) in [6, 6.07) is 2.51. The third-order valence-corrected chi connectivity index (χ3v) is 5.24. The molecule has 120 valence electrons. The van der Waals surface area contributed by atoms with Crippen molar-refractivity contribution in [2.24, 2.45) is 0 Å². The van der Waals surface area contributed by atoms with E-state index < -0.39 is 17.7 Å². The van der Waals surface area contributed by atoms with Gasteiger partial charge in [0.2, 0.25) is 0 Å². The zero-order valence-corrected chi connectivity index (χ0v) is 12.8. The highest BCUT2D eigenvalue weighted by atomic mass is 32.2. The number of anilines is 1. The molecule has 0 aliphatic carbocycles. The number of ether oxygens (including phenoxy) is 1. The van der Waals surface area contributed by atoms with Gasteiger partial charge in [0.25, 0.3) is 0 Å². The van der Waals surface area contributed by atoms with Gasteiger partial charge in [-0.1, -0.05) is 0 Å². The first-order valence-corrected chi connectivity index (χ1v) is 8.45. The summed E-state index contributed by atoms with van der Waals surface area (Å²) in [4.78, 5) is 12.0. The SMILES string of the molecule is O=C(Nc1cc(F)cc(F)c1)N[C@H]1CCO[C@]2(CCSC2)C1. The lowest BCUT2D eigenvalue weighted by molar-refractivity contribution is -0.0682. The van der Waals surface area contributed by atoms with Crippen LogP contribution < -0.4 is 10.6 Å². The summed E-state index contributed by atoms with van der Waals surface area (Å²) < 4.78 is 32.1. The molecule has 2 N–H and O–H groups in total. The average Bonchev–Trinajstić information content (AvgIpc) is 2.85. The fourth-order valence-electron chi connectivity index (χ4n) is 2.99. The maximum absolute atomic E-state index is 13.1. The van der Waals surface area contributed by atoms with E-state index >= 15 is 0 Å². The molecule has 2 aliphatic heterocycles. The Hall–Kier alpha value is -1.34. The Bertz CT molecular complexity index is 544. The molecular weight excluding hydrogens is 310 g/mol. The van der Waals surface area contributed by atoms with Gasteiger partial charge in [0.05, 0.1) is 5.60 Å².